The first kappa shape index (κ1) is 29.4. The van der Waals surface area contributed by atoms with Crippen LogP contribution in [0.2, 0.25) is 0 Å². The molecule has 2 heterocycles. The molecule has 1 atom stereocenters. The molecule has 0 unspecified atom stereocenters. The fourth-order valence-corrected chi connectivity index (χ4v) is 6.43. The molecular formula is C31H26IN3O6S. The highest BCUT2D eigenvalue weighted by atomic mass is 127. The molecule has 1 N–H and O–H groups in total. The van der Waals surface area contributed by atoms with Gasteiger partial charge < -0.3 is 9.84 Å². The fourth-order valence-electron chi connectivity index (χ4n) is 4.80. The number of fused-ring (bicyclic) bond motifs is 1. The van der Waals surface area contributed by atoms with Crippen LogP contribution in [-0.4, -0.2) is 27.2 Å². The standard InChI is InChI=1S/C31H26IN3O6S/c1-4-41-30(38)25-26(20-8-6-5-7-9-20)33-31-34(27(25)21-12-10-19(11-13-21)17(2)3)29(37)24(42-31)16-18-14-22(32)28(36)23(15-18)35(39)40/h5-17,27,36H,4H2,1-3H3/b24-16-/t27-/m0/s1. The minimum atomic E-state index is -0.826. The summed E-state index contributed by atoms with van der Waals surface area (Å²) >= 11 is 2.93. The Morgan fingerprint density at radius 1 is 1.19 bits per heavy atom. The molecule has 1 aromatic heterocycles. The molecule has 0 radical (unpaired) electrons. The van der Waals surface area contributed by atoms with Crippen LogP contribution in [0.3, 0.4) is 0 Å². The van der Waals surface area contributed by atoms with E-state index in [9.17, 15) is 24.8 Å². The molecule has 3 aromatic carbocycles. The third-order valence-corrected chi connectivity index (χ3v) is 8.66. The number of halogens is 1. The Morgan fingerprint density at radius 2 is 1.88 bits per heavy atom. The van der Waals surface area contributed by atoms with Crippen molar-refractivity contribution in [1.29, 1.82) is 0 Å². The van der Waals surface area contributed by atoms with Gasteiger partial charge in [0.2, 0.25) is 5.75 Å². The molecule has 11 heteroatoms. The Labute approximate surface area is 258 Å². The van der Waals surface area contributed by atoms with E-state index in [0.29, 0.717) is 27.2 Å². The number of esters is 1. The Morgan fingerprint density at radius 3 is 2.50 bits per heavy atom. The number of hydrogen-bond acceptors (Lipinski definition) is 8. The van der Waals surface area contributed by atoms with E-state index in [2.05, 4.69) is 13.8 Å². The van der Waals surface area contributed by atoms with Crippen molar-refractivity contribution in [1.82, 2.24) is 4.57 Å². The lowest BCUT2D eigenvalue weighted by molar-refractivity contribution is -0.386. The van der Waals surface area contributed by atoms with Crippen molar-refractivity contribution in [3.05, 3.63) is 128 Å². The lowest BCUT2D eigenvalue weighted by Gasteiger charge is -2.26. The second-order valence-electron chi connectivity index (χ2n) is 9.88. The molecule has 4 aromatic rings. The number of carbonyl (C=O) groups excluding carboxylic acids is 1. The van der Waals surface area contributed by atoms with Crippen molar-refractivity contribution in [3.63, 3.8) is 0 Å². The summed E-state index contributed by atoms with van der Waals surface area (Å²) in [6.07, 6.45) is 1.54. The van der Waals surface area contributed by atoms with Crippen LogP contribution in [0, 0.1) is 13.7 Å². The van der Waals surface area contributed by atoms with Crippen LogP contribution < -0.4 is 14.9 Å². The molecule has 0 amide bonds. The van der Waals surface area contributed by atoms with Gasteiger partial charge in [-0.1, -0.05) is 79.8 Å². The molecule has 0 bridgehead atoms. The second kappa shape index (κ2) is 12.0. The SMILES string of the molecule is CCOC(=O)C1=C(c2ccccc2)N=c2s/c(=C\c3cc(I)c(O)c([N+](=O)[O-])c3)c(=O)n2[C@H]1c1ccc(C(C)C)cc1. The minimum Gasteiger partial charge on any atom is -0.501 e. The highest BCUT2D eigenvalue weighted by Crippen LogP contribution is 2.36. The third kappa shape index (κ3) is 5.53. The number of phenolic OH excluding ortho intramolecular Hbond substituents is 1. The smallest absolute Gasteiger partial charge is 0.338 e. The number of nitrogens with zero attached hydrogens (tertiary/aromatic N) is 3. The van der Waals surface area contributed by atoms with Crippen LogP contribution in [0.5, 0.6) is 5.75 Å². The zero-order valence-corrected chi connectivity index (χ0v) is 25.9. The number of rotatable bonds is 7. The number of benzene rings is 3. The topological polar surface area (TPSA) is 124 Å². The quantitative estimate of drug-likeness (QED) is 0.122. The summed E-state index contributed by atoms with van der Waals surface area (Å²) < 4.78 is 7.53. The summed E-state index contributed by atoms with van der Waals surface area (Å²) in [7, 11) is 0. The van der Waals surface area contributed by atoms with Crippen molar-refractivity contribution >= 4 is 57.4 Å². The van der Waals surface area contributed by atoms with Gasteiger partial charge >= 0.3 is 11.7 Å². The third-order valence-electron chi connectivity index (χ3n) is 6.85. The van der Waals surface area contributed by atoms with Crippen LogP contribution in [0.25, 0.3) is 11.8 Å². The lowest BCUT2D eigenvalue weighted by atomic mass is 9.91. The van der Waals surface area contributed by atoms with E-state index in [0.717, 1.165) is 16.9 Å². The number of carbonyl (C=O) groups is 1. The number of ether oxygens (including phenoxy) is 1. The summed E-state index contributed by atoms with van der Waals surface area (Å²) in [5.74, 6) is -0.718. The zero-order chi connectivity index (χ0) is 30.1. The molecule has 1 aliphatic rings. The average Bonchev–Trinajstić information content (AvgIpc) is 3.28. The van der Waals surface area contributed by atoms with Gasteiger partial charge in [0.15, 0.2) is 4.80 Å². The van der Waals surface area contributed by atoms with Crippen LogP contribution >= 0.6 is 33.9 Å². The van der Waals surface area contributed by atoms with Gasteiger partial charge in [-0.15, -0.1) is 0 Å². The van der Waals surface area contributed by atoms with Crippen LogP contribution in [0.15, 0.2) is 82.1 Å². The molecule has 1 aliphatic heterocycles. The maximum Gasteiger partial charge on any atom is 0.338 e. The molecule has 0 aliphatic carbocycles. The Bertz CT molecular complexity index is 1910. The summed E-state index contributed by atoms with van der Waals surface area (Å²) in [6, 6.07) is 19.0. The van der Waals surface area contributed by atoms with Gasteiger partial charge in [-0.2, -0.15) is 0 Å². The molecule has 0 saturated heterocycles. The van der Waals surface area contributed by atoms with E-state index in [4.69, 9.17) is 9.73 Å². The van der Waals surface area contributed by atoms with Crippen molar-refractivity contribution in [2.75, 3.05) is 6.61 Å². The molecule has 9 nitrogen and oxygen atoms in total. The van der Waals surface area contributed by atoms with Gasteiger partial charge in [-0.3, -0.25) is 19.5 Å². The summed E-state index contributed by atoms with van der Waals surface area (Å²) in [4.78, 5) is 43.6. The summed E-state index contributed by atoms with van der Waals surface area (Å²) in [5, 5.41) is 21.6. The van der Waals surface area contributed by atoms with Gasteiger partial charge in [0.1, 0.15) is 0 Å². The minimum absolute atomic E-state index is 0.145. The first-order valence-electron chi connectivity index (χ1n) is 13.2. The highest BCUT2D eigenvalue weighted by molar-refractivity contribution is 14.1. The van der Waals surface area contributed by atoms with E-state index < -0.39 is 33.9 Å². The van der Waals surface area contributed by atoms with E-state index in [1.165, 1.54) is 16.7 Å². The molecular weight excluding hydrogens is 669 g/mol. The number of hydrogen-bond donors (Lipinski definition) is 1. The summed E-state index contributed by atoms with van der Waals surface area (Å²) in [5.41, 5.74) is 2.69. The van der Waals surface area contributed by atoms with E-state index in [1.807, 2.05) is 77.2 Å². The van der Waals surface area contributed by atoms with Crippen LogP contribution in [0.4, 0.5) is 5.69 Å². The summed E-state index contributed by atoms with van der Waals surface area (Å²) in [6.45, 7) is 6.04. The molecule has 0 fully saturated rings. The highest BCUT2D eigenvalue weighted by Gasteiger charge is 2.35. The van der Waals surface area contributed by atoms with Gasteiger partial charge in [0, 0.05) is 11.6 Å². The first-order chi connectivity index (χ1) is 20.1. The van der Waals surface area contributed by atoms with E-state index >= 15 is 0 Å². The number of aromatic hydroxyl groups is 1. The average molecular weight is 696 g/mol. The van der Waals surface area contributed by atoms with Crippen molar-refractivity contribution in [2.45, 2.75) is 32.7 Å². The number of phenols is 1. The largest absolute Gasteiger partial charge is 0.501 e. The first-order valence-corrected chi connectivity index (χ1v) is 15.1. The Balaban J connectivity index is 1.81. The van der Waals surface area contributed by atoms with Crippen molar-refractivity contribution in [2.24, 2.45) is 4.99 Å². The lowest BCUT2D eigenvalue weighted by Crippen LogP contribution is -2.40. The number of nitro benzene ring substituents is 1. The van der Waals surface area contributed by atoms with Crippen molar-refractivity contribution < 1.29 is 19.6 Å². The zero-order valence-electron chi connectivity index (χ0n) is 22.9. The Hall–Kier alpha value is -4.10. The van der Waals surface area contributed by atoms with Gasteiger partial charge in [0.05, 0.1) is 36.9 Å². The van der Waals surface area contributed by atoms with Gasteiger partial charge in [0.25, 0.3) is 5.56 Å². The van der Waals surface area contributed by atoms with E-state index in [1.54, 1.807) is 13.0 Å². The molecule has 0 spiro atoms. The Kier molecular flexibility index (Phi) is 8.41. The van der Waals surface area contributed by atoms with Gasteiger partial charge in [-0.05, 0) is 64.3 Å². The predicted octanol–water partition coefficient (Wildman–Crippen LogP) is 5.28. The normalized spacial score (nSPS) is 15.0. The second-order valence-corrected chi connectivity index (χ2v) is 12.1. The molecule has 5 rings (SSSR count). The molecule has 214 valence electrons. The van der Waals surface area contributed by atoms with Crippen LogP contribution in [-0.2, 0) is 9.53 Å². The van der Waals surface area contributed by atoms with Crippen LogP contribution in [0.1, 0.15) is 55.0 Å². The van der Waals surface area contributed by atoms with Crippen molar-refractivity contribution in [3.8, 4) is 5.75 Å². The van der Waals surface area contributed by atoms with Gasteiger partial charge in [-0.25, -0.2) is 9.79 Å². The number of aromatic nitrogens is 1. The number of nitro groups is 1. The predicted molar refractivity (Wildman–Crippen MR) is 169 cm³/mol. The molecule has 42 heavy (non-hydrogen) atoms. The fraction of sp³-hybridized carbons (Fsp3) is 0.194. The number of thiazole rings is 1. The van der Waals surface area contributed by atoms with E-state index in [-0.39, 0.29) is 26.2 Å². The monoisotopic (exact) mass is 695 g/mol. The maximum atomic E-state index is 14.0. The maximum absolute atomic E-state index is 14.0. The molecule has 0 saturated carbocycles.